The first-order valence-electron chi connectivity index (χ1n) is 14.5. The monoisotopic (exact) mass is 589 g/mol. The van der Waals surface area contributed by atoms with E-state index >= 15 is 0 Å². The normalized spacial score (nSPS) is 17.5. The Kier molecular flexibility index (Phi) is 4.20. The second kappa shape index (κ2) is 8.06. The Morgan fingerprint density at radius 3 is 2.50 bits per heavy atom. The number of hydrogen-bond acceptors (Lipinski definition) is 7. The maximum atomic E-state index is 6.12. The highest BCUT2D eigenvalue weighted by Crippen LogP contribution is 2.48. The van der Waals surface area contributed by atoms with Gasteiger partial charge in [-0.25, -0.2) is 9.97 Å². The number of furan rings is 3. The number of para-hydroxylation sites is 1. The number of fused-ring (bicyclic) bond motifs is 13. The molecule has 3 aromatic carbocycles. The van der Waals surface area contributed by atoms with Gasteiger partial charge in [-0.1, -0.05) is 36.4 Å². The zero-order valence-corrected chi connectivity index (χ0v) is 23.7. The Hall–Kier alpha value is -5.60. The summed E-state index contributed by atoms with van der Waals surface area (Å²) in [7, 11) is 0. The van der Waals surface area contributed by atoms with Crippen molar-refractivity contribution in [2.24, 2.45) is 0 Å². The average molecular weight is 590 g/mol. The lowest BCUT2D eigenvalue weighted by Crippen LogP contribution is -2.16. The van der Waals surface area contributed by atoms with Crippen molar-refractivity contribution >= 4 is 71.5 Å². The molecule has 2 aliphatic rings. The highest BCUT2D eigenvalue weighted by atomic mass is 32.1. The summed E-state index contributed by atoms with van der Waals surface area (Å²) in [5, 5.41) is 6.27. The van der Waals surface area contributed by atoms with E-state index in [1.54, 1.807) is 11.3 Å². The molecular formula is C36H19N3O4S. The molecule has 0 fully saturated rings. The van der Waals surface area contributed by atoms with Gasteiger partial charge in [0, 0.05) is 32.7 Å². The fourth-order valence-corrected chi connectivity index (χ4v) is 7.82. The van der Waals surface area contributed by atoms with Gasteiger partial charge in [0.15, 0.2) is 10.6 Å². The lowest BCUT2D eigenvalue weighted by molar-refractivity contribution is 0.219. The summed E-state index contributed by atoms with van der Waals surface area (Å²) in [6, 6.07) is 24.6. The molecule has 44 heavy (non-hydrogen) atoms. The van der Waals surface area contributed by atoms with Crippen LogP contribution >= 0.6 is 11.3 Å². The van der Waals surface area contributed by atoms with Crippen molar-refractivity contribution in [1.29, 1.82) is 0 Å². The molecule has 0 N–H and O–H groups in total. The van der Waals surface area contributed by atoms with Crippen LogP contribution < -0.4 is 4.74 Å². The highest BCUT2D eigenvalue weighted by Gasteiger charge is 2.37. The minimum absolute atomic E-state index is 0.0144. The van der Waals surface area contributed by atoms with Crippen molar-refractivity contribution < 1.29 is 18.0 Å². The smallest absolute Gasteiger partial charge is 0.299 e. The van der Waals surface area contributed by atoms with Crippen LogP contribution in [0.5, 0.6) is 5.95 Å². The van der Waals surface area contributed by atoms with Crippen LogP contribution in [0.25, 0.3) is 82.7 Å². The number of nitrogens with zero attached hydrogens (tertiary/aromatic N) is 3. The number of imidazole rings is 1. The minimum Gasteiger partial charge on any atom is -0.456 e. The summed E-state index contributed by atoms with van der Waals surface area (Å²) in [4.78, 5) is 11.0. The SMILES string of the molecule is C1=CC2Oc3oc4ccc(-c5csc6nc7ccc(-c8ccc9oc%10oc%11ccccc%11c%10c9c8)nc7n56)cc4c3C2C=C1. The fraction of sp³-hybridized carbons (Fsp3) is 0.0556. The van der Waals surface area contributed by atoms with E-state index in [0.29, 0.717) is 11.7 Å². The number of aromatic nitrogens is 3. The van der Waals surface area contributed by atoms with Gasteiger partial charge < -0.3 is 18.0 Å². The van der Waals surface area contributed by atoms with Gasteiger partial charge in [0.2, 0.25) is 0 Å². The molecule has 7 nitrogen and oxygen atoms in total. The van der Waals surface area contributed by atoms with Gasteiger partial charge in [-0.15, -0.1) is 11.3 Å². The second-order valence-corrected chi connectivity index (χ2v) is 12.2. The number of ether oxygens (including phenoxy) is 1. The Bertz CT molecular complexity index is 2730. The van der Waals surface area contributed by atoms with Crippen LogP contribution in [0.15, 0.2) is 116 Å². The van der Waals surface area contributed by atoms with Crippen LogP contribution in [0.2, 0.25) is 0 Å². The number of hydrogen-bond donors (Lipinski definition) is 0. The van der Waals surface area contributed by atoms with Crippen molar-refractivity contribution in [2.45, 2.75) is 12.0 Å². The number of rotatable bonds is 2. The molecule has 1 aliphatic heterocycles. The van der Waals surface area contributed by atoms with E-state index in [1.807, 2.05) is 48.5 Å². The lowest BCUT2D eigenvalue weighted by atomic mass is 9.91. The Morgan fingerprint density at radius 2 is 1.55 bits per heavy atom. The Labute approximate surface area is 251 Å². The van der Waals surface area contributed by atoms with Gasteiger partial charge in [-0.05, 0) is 60.7 Å². The molecule has 2 unspecified atom stereocenters. The molecule has 0 spiro atoms. The summed E-state index contributed by atoms with van der Waals surface area (Å²) in [5.74, 6) is 1.31. The zero-order valence-electron chi connectivity index (χ0n) is 22.9. The maximum absolute atomic E-state index is 6.12. The predicted octanol–water partition coefficient (Wildman–Crippen LogP) is 9.64. The molecule has 9 aromatic rings. The van der Waals surface area contributed by atoms with Gasteiger partial charge in [-0.3, -0.25) is 4.40 Å². The van der Waals surface area contributed by atoms with E-state index in [-0.39, 0.29) is 12.0 Å². The topological polar surface area (TPSA) is 78.8 Å². The van der Waals surface area contributed by atoms with Crippen LogP contribution in [-0.2, 0) is 0 Å². The summed E-state index contributed by atoms with van der Waals surface area (Å²) in [6.07, 6.45) is 8.37. The molecule has 0 amide bonds. The van der Waals surface area contributed by atoms with E-state index in [9.17, 15) is 0 Å². The first kappa shape index (κ1) is 22.9. The predicted molar refractivity (Wildman–Crippen MR) is 172 cm³/mol. The Morgan fingerprint density at radius 1 is 0.727 bits per heavy atom. The number of benzene rings is 3. The van der Waals surface area contributed by atoms with Crippen LogP contribution in [-0.4, -0.2) is 20.5 Å². The third-order valence-electron chi connectivity index (χ3n) is 8.95. The van der Waals surface area contributed by atoms with Gasteiger partial charge in [-0.2, -0.15) is 0 Å². The highest BCUT2D eigenvalue weighted by molar-refractivity contribution is 7.15. The number of allylic oxidation sites excluding steroid dienone is 2. The van der Waals surface area contributed by atoms with Crippen LogP contribution in [0.3, 0.4) is 0 Å². The summed E-state index contributed by atoms with van der Waals surface area (Å²) < 4.78 is 26.4. The molecule has 1 aliphatic carbocycles. The molecule has 7 heterocycles. The molecule has 11 rings (SSSR count). The fourth-order valence-electron chi connectivity index (χ4n) is 6.92. The van der Waals surface area contributed by atoms with E-state index in [1.165, 1.54) is 0 Å². The first-order valence-corrected chi connectivity index (χ1v) is 15.3. The minimum atomic E-state index is -0.0144. The van der Waals surface area contributed by atoms with Crippen molar-refractivity contribution in [3.8, 4) is 28.5 Å². The van der Waals surface area contributed by atoms with Crippen LogP contribution in [0.4, 0.5) is 0 Å². The molecule has 0 saturated heterocycles. The third kappa shape index (κ3) is 2.95. The van der Waals surface area contributed by atoms with E-state index in [4.69, 9.17) is 28.0 Å². The lowest BCUT2D eigenvalue weighted by Gasteiger charge is -2.14. The van der Waals surface area contributed by atoms with Gasteiger partial charge in [0.05, 0.1) is 28.3 Å². The van der Waals surface area contributed by atoms with Gasteiger partial charge >= 0.3 is 0 Å². The molecule has 8 heteroatoms. The van der Waals surface area contributed by atoms with Crippen molar-refractivity contribution in [3.05, 3.63) is 108 Å². The maximum Gasteiger partial charge on any atom is 0.299 e. The van der Waals surface area contributed by atoms with Gasteiger partial charge in [0.25, 0.3) is 11.7 Å². The van der Waals surface area contributed by atoms with Crippen molar-refractivity contribution in [3.63, 3.8) is 0 Å². The number of thiazole rings is 1. The molecule has 6 aromatic heterocycles. The van der Waals surface area contributed by atoms with Crippen molar-refractivity contribution in [2.75, 3.05) is 0 Å². The molecular weight excluding hydrogens is 570 g/mol. The second-order valence-electron chi connectivity index (χ2n) is 11.4. The van der Waals surface area contributed by atoms with Crippen LogP contribution in [0, 0.1) is 0 Å². The molecule has 2 atom stereocenters. The average Bonchev–Trinajstić information content (AvgIpc) is 3.88. The quantitative estimate of drug-likeness (QED) is 0.200. The van der Waals surface area contributed by atoms with E-state index in [0.717, 1.165) is 82.5 Å². The van der Waals surface area contributed by atoms with Gasteiger partial charge in [0.1, 0.15) is 28.4 Å². The van der Waals surface area contributed by atoms with Crippen LogP contribution in [0.1, 0.15) is 11.5 Å². The van der Waals surface area contributed by atoms with E-state index in [2.05, 4.69) is 58.3 Å². The third-order valence-corrected chi connectivity index (χ3v) is 9.78. The van der Waals surface area contributed by atoms with E-state index < -0.39 is 0 Å². The molecule has 208 valence electrons. The molecule has 0 radical (unpaired) electrons. The number of pyridine rings is 1. The largest absolute Gasteiger partial charge is 0.456 e. The molecule has 0 saturated carbocycles. The standard InChI is InChI=1S/C36H19N3O4S/c1-3-7-27-20(5-1)31-22-15-18(9-13-29(22)42-34(31)40-27)24-11-12-25-33(37-24)39-26(17-44-36(39)38-25)19-10-14-30-23(16-19)32-21-6-2-4-8-28(21)41-35(32)43-30/h1-17,21,28H. The summed E-state index contributed by atoms with van der Waals surface area (Å²) in [5.41, 5.74) is 9.21. The summed E-state index contributed by atoms with van der Waals surface area (Å²) >= 11 is 1.61. The zero-order chi connectivity index (χ0) is 28.5. The first-order chi connectivity index (χ1) is 21.8. The Balaban J connectivity index is 1.07. The van der Waals surface area contributed by atoms with Crippen molar-refractivity contribution in [1.82, 2.24) is 14.4 Å². The molecule has 0 bridgehead atoms. The summed E-state index contributed by atoms with van der Waals surface area (Å²) in [6.45, 7) is 0.